The van der Waals surface area contributed by atoms with Crippen molar-refractivity contribution in [1.29, 1.82) is 0 Å². The monoisotopic (exact) mass is 361 g/mol. The van der Waals surface area contributed by atoms with Gasteiger partial charge in [0.1, 0.15) is 5.75 Å². The van der Waals surface area contributed by atoms with Crippen LogP contribution in [0.3, 0.4) is 0 Å². The third kappa shape index (κ3) is 3.86. The van der Waals surface area contributed by atoms with E-state index < -0.39 is 10.0 Å². The molecule has 0 atom stereocenters. The van der Waals surface area contributed by atoms with E-state index >= 15 is 0 Å². The Labute approximate surface area is 148 Å². The number of sulfonamides is 1. The predicted octanol–water partition coefficient (Wildman–Crippen LogP) is 2.54. The summed E-state index contributed by atoms with van der Waals surface area (Å²) >= 11 is 0. The maximum Gasteiger partial charge on any atom is 0.241 e. The van der Waals surface area contributed by atoms with Gasteiger partial charge in [0.05, 0.1) is 18.6 Å². The van der Waals surface area contributed by atoms with E-state index in [1.807, 2.05) is 12.1 Å². The lowest BCUT2D eigenvalue weighted by molar-refractivity contribution is 0.281. The molecule has 1 aliphatic rings. The van der Waals surface area contributed by atoms with Crippen molar-refractivity contribution < 1.29 is 18.3 Å². The molecule has 1 aliphatic carbocycles. The average Bonchev–Trinajstić information content (AvgIpc) is 2.65. The van der Waals surface area contributed by atoms with Crippen molar-refractivity contribution >= 4 is 10.0 Å². The largest absolute Gasteiger partial charge is 0.496 e. The molecule has 0 fully saturated rings. The summed E-state index contributed by atoms with van der Waals surface area (Å²) in [7, 11) is -2.00. The first-order valence-corrected chi connectivity index (χ1v) is 9.90. The molecule has 0 amide bonds. The Balaban J connectivity index is 1.87. The Hall–Kier alpha value is -1.89. The minimum atomic E-state index is -3.61. The number of aliphatic hydroxyl groups is 1. The molecule has 0 radical (unpaired) electrons. The number of nitrogens with one attached hydrogen (secondary N) is 1. The van der Waals surface area contributed by atoms with Crippen LogP contribution in [-0.4, -0.2) is 20.6 Å². The fraction of sp³-hybridized carbons (Fsp3) is 0.368. The smallest absolute Gasteiger partial charge is 0.241 e. The molecule has 2 aromatic rings. The van der Waals surface area contributed by atoms with E-state index in [4.69, 9.17) is 4.74 Å². The third-order valence-corrected chi connectivity index (χ3v) is 6.08. The molecule has 0 bridgehead atoms. The molecular weight excluding hydrogens is 338 g/mol. The van der Waals surface area contributed by atoms with Gasteiger partial charge in [-0.2, -0.15) is 0 Å². The summed E-state index contributed by atoms with van der Waals surface area (Å²) in [5.74, 6) is 0.768. The van der Waals surface area contributed by atoms with E-state index in [1.165, 1.54) is 0 Å². The number of hydrogen-bond donors (Lipinski definition) is 2. The number of aliphatic hydroxyl groups excluding tert-OH is 1. The lowest BCUT2D eigenvalue weighted by atomic mass is 9.91. The van der Waals surface area contributed by atoms with E-state index in [0.717, 1.165) is 53.7 Å². The highest BCUT2D eigenvalue weighted by atomic mass is 32.2. The van der Waals surface area contributed by atoms with Crippen LogP contribution in [0.4, 0.5) is 0 Å². The number of hydrogen-bond acceptors (Lipinski definition) is 4. The fourth-order valence-electron chi connectivity index (χ4n) is 3.34. The van der Waals surface area contributed by atoms with Crippen LogP contribution in [0.15, 0.2) is 41.3 Å². The van der Waals surface area contributed by atoms with Gasteiger partial charge in [-0.25, -0.2) is 13.1 Å². The molecule has 0 heterocycles. The van der Waals surface area contributed by atoms with Gasteiger partial charge in [-0.15, -0.1) is 0 Å². The second kappa shape index (κ2) is 7.56. The predicted molar refractivity (Wildman–Crippen MR) is 96.0 cm³/mol. The summed E-state index contributed by atoms with van der Waals surface area (Å²) in [4.78, 5) is 0.348. The van der Waals surface area contributed by atoms with Crippen LogP contribution >= 0.6 is 0 Å². The summed E-state index contributed by atoms with van der Waals surface area (Å²) < 4.78 is 33.7. The molecule has 0 saturated carbocycles. The van der Waals surface area contributed by atoms with Crippen LogP contribution in [0.2, 0.25) is 0 Å². The van der Waals surface area contributed by atoms with Crippen molar-refractivity contribution in [2.75, 3.05) is 7.11 Å². The number of benzene rings is 2. The van der Waals surface area contributed by atoms with E-state index in [1.54, 1.807) is 31.4 Å². The molecule has 0 spiro atoms. The van der Waals surface area contributed by atoms with Crippen molar-refractivity contribution in [3.8, 4) is 5.75 Å². The Morgan fingerprint density at radius 2 is 1.80 bits per heavy atom. The molecule has 0 saturated heterocycles. The van der Waals surface area contributed by atoms with Gasteiger partial charge in [0.25, 0.3) is 0 Å². The van der Waals surface area contributed by atoms with Crippen molar-refractivity contribution in [3.05, 3.63) is 58.7 Å². The van der Waals surface area contributed by atoms with Crippen LogP contribution in [0.5, 0.6) is 5.75 Å². The van der Waals surface area contributed by atoms with Gasteiger partial charge in [0.15, 0.2) is 0 Å². The molecule has 6 heteroatoms. The van der Waals surface area contributed by atoms with Gasteiger partial charge in [-0.05, 0) is 60.1 Å². The van der Waals surface area contributed by atoms with Crippen LogP contribution in [0.25, 0.3) is 0 Å². The van der Waals surface area contributed by atoms with Crippen molar-refractivity contribution in [2.24, 2.45) is 0 Å². The highest BCUT2D eigenvalue weighted by molar-refractivity contribution is 7.89. The van der Waals surface area contributed by atoms with Gasteiger partial charge in [-0.3, -0.25) is 0 Å². The van der Waals surface area contributed by atoms with E-state index in [0.29, 0.717) is 4.90 Å². The van der Waals surface area contributed by atoms with Crippen molar-refractivity contribution in [1.82, 2.24) is 4.72 Å². The van der Waals surface area contributed by atoms with E-state index in [2.05, 4.69) is 4.72 Å². The highest BCUT2D eigenvalue weighted by Crippen LogP contribution is 2.34. The zero-order valence-corrected chi connectivity index (χ0v) is 15.1. The first kappa shape index (κ1) is 17.9. The maximum absolute atomic E-state index is 12.8. The minimum Gasteiger partial charge on any atom is -0.496 e. The number of methoxy groups -OCH3 is 1. The second-order valence-corrected chi connectivity index (χ2v) is 7.97. The SMILES string of the molecule is COc1ccc(S(=O)(=O)NCc2cccc(CO)c2)c2c1CCCC2. The van der Waals surface area contributed by atoms with Gasteiger partial charge >= 0.3 is 0 Å². The van der Waals surface area contributed by atoms with E-state index in [9.17, 15) is 13.5 Å². The molecule has 2 aromatic carbocycles. The van der Waals surface area contributed by atoms with Gasteiger partial charge < -0.3 is 9.84 Å². The first-order valence-electron chi connectivity index (χ1n) is 8.42. The average molecular weight is 361 g/mol. The molecule has 134 valence electrons. The standard InChI is InChI=1S/C19H23NO4S/c1-24-18-9-10-19(17-8-3-2-7-16(17)18)25(22,23)20-12-14-5-4-6-15(11-14)13-21/h4-6,9-11,20-21H,2-3,7-8,12-13H2,1H3. The third-order valence-electron chi connectivity index (χ3n) is 4.60. The van der Waals surface area contributed by atoms with E-state index in [-0.39, 0.29) is 13.2 Å². The number of fused-ring (bicyclic) bond motifs is 1. The first-order chi connectivity index (χ1) is 12.0. The lowest BCUT2D eigenvalue weighted by Gasteiger charge is -2.22. The molecule has 0 aliphatic heterocycles. The zero-order chi connectivity index (χ0) is 17.9. The quantitative estimate of drug-likeness (QED) is 0.829. The molecule has 0 unspecified atom stereocenters. The van der Waals surface area contributed by atoms with Crippen molar-refractivity contribution in [3.63, 3.8) is 0 Å². The fourth-order valence-corrected chi connectivity index (χ4v) is 4.65. The molecular formula is C19H23NO4S. The number of rotatable bonds is 6. The maximum atomic E-state index is 12.8. The van der Waals surface area contributed by atoms with Gasteiger partial charge in [0.2, 0.25) is 10.0 Å². The lowest BCUT2D eigenvalue weighted by Crippen LogP contribution is -2.25. The summed E-state index contributed by atoms with van der Waals surface area (Å²) in [6.45, 7) is 0.129. The van der Waals surface area contributed by atoms with Gasteiger partial charge in [-0.1, -0.05) is 24.3 Å². The molecule has 2 N–H and O–H groups in total. The Bertz CT molecular complexity index is 862. The summed E-state index contributed by atoms with van der Waals surface area (Å²) in [5, 5.41) is 9.20. The Morgan fingerprint density at radius 1 is 1.08 bits per heavy atom. The summed E-state index contributed by atoms with van der Waals surface area (Å²) in [6, 6.07) is 10.6. The zero-order valence-electron chi connectivity index (χ0n) is 14.3. The highest BCUT2D eigenvalue weighted by Gasteiger charge is 2.24. The Kier molecular flexibility index (Phi) is 5.42. The van der Waals surface area contributed by atoms with Crippen molar-refractivity contribution in [2.45, 2.75) is 43.7 Å². The summed E-state index contributed by atoms with van der Waals surface area (Å²) in [5.41, 5.74) is 3.47. The van der Waals surface area contributed by atoms with Gasteiger partial charge in [0, 0.05) is 6.54 Å². The normalized spacial score (nSPS) is 14.2. The Morgan fingerprint density at radius 3 is 2.52 bits per heavy atom. The second-order valence-electron chi connectivity index (χ2n) is 6.23. The molecule has 25 heavy (non-hydrogen) atoms. The molecule has 5 nitrogen and oxygen atoms in total. The van der Waals surface area contributed by atoms with Crippen LogP contribution < -0.4 is 9.46 Å². The molecule has 0 aromatic heterocycles. The number of ether oxygens (including phenoxy) is 1. The van der Waals surface area contributed by atoms with Crippen LogP contribution in [0.1, 0.15) is 35.1 Å². The van der Waals surface area contributed by atoms with Crippen LogP contribution in [-0.2, 0) is 36.0 Å². The summed E-state index contributed by atoms with van der Waals surface area (Å²) in [6.07, 6.45) is 3.64. The molecule has 3 rings (SSSR count). The van der Waals surface area contributed by atoms with Crippen LogP contribution in [0, 0.1) is 0 Å². The minimum absolute atomic E-state index is 0.0629. The topological polar surface area (TPSA) is 75.6 Å².